The zero-order valence-corrected chi connectivity index (χ0v) is 16.8. The van der Waals surface area contributed by atoms with Gasteiger partial charge in [0.05, 0.1) is 24.9 Å². The summed E-state index contributed by atoms with van der Waals surface area (Å²) in [6, 6.07) is 0. The van der Waals surface area contributed by atoms with Crippen LogP contribution in [-0.2, 0) is 14.2 Å². The fourth-order valence-corrected chi connectivity index (χ4v) is 4.56. The molecule has 0 amide bonds. The zero-order valence-electron chi connectivity index (χ0n) is 16.8. The second kappa shape index (κ2) is 6.51. The molecule has 0 fully saturated rings. The van der Waals surface area contributed by atoms with Crippen LogP contribution in [0.5, 0.6) is 0 Å². The molecule has 1 atom stereocenters. The van der Waals surface area contributed by atoms with Crippen LogP contribution in [0.3, 0.4) is 0 Å². The van der Waals surface area contributed by atoms with E-state index >= 15 is 0 Å². The molecule has 7 heteroatoms. The van der Waals surface area contributed by atoms with Gasteiger partial charge in [0.15, 0.2) is 0 Å². The van der Waals surface area contributed by atoms with E-state index in [0.29, 0.717) is 24.6 Å². The molecule has 2 aliphatic rings. The van der Waals surface area contributed by atoms with E-state index in [0.717, 1.165) is 22.3 Å². The Morgan fingerprint density at radius 3 is 1.75 bits per heavy atom. The number of esters is 2. The van der Waals surface area contributed by atoms with Crippen molar-refractivity contribution in [3.8, 4) is 0 Å². The Balaban J connectivity index is 1.83. The van der Waals surface area contributed by atoms with Crippen LogP contribution in [0.1, 0.15) is 89.7 Å². The van der Waals surface area contributed by atoms with Crippen LogP contribution < -0.4 is 0 Å². The molecule has 7 nitrogen and oxygen atoms in total. The highest BCUT2D eigenvalue weighted by Gasteiger charge is 2.56. The van der Waals surface area contributed by atoms with E-state index < -0.39 is 0 Å². The summed E-state index contributed by atoms with van der Waals surface area (Å²) in [6.07, 6.45) is 3.55. The largest absolute Gasteiger partial charge is 0.461 e. The third kappa shape index (κ3) is 2.68. The number of carbonyl (C=O) groups excluding carboxylic acids is 2. The van der Waals surface area contributed by atoms with Crippen LogP contribution in [-0.4, -0.2) is 46.8 Å². The molecule has 1 unspecified atom stereocenters. The van der Waals surface area contributed by atoms with Crippen LogP contribution in [0.2, 0.25) is 0 Å². The molecule has 0 saturated carbocycles. The van der Waals surface area contributed by atoms with Crippen molar-refractivity contribution >= 4 is 11.9 Å². The number of ether oxygens (including phenoxy) is 3. The number of nitrogens with one attached hydrogen (secondary N) is 2. The van der Waals surface area contributed by atoms with Gasteiger partial charge in [-0.3, -0.25) is 0 Å². The average Bonchev–Trinajstić information content (AvgIpc) is 3.31. The van der Waals surface area contributed by atoms with E-state index in [9.17, 15) is 9.59 Å². The van der Waals surface area contributed by atoms with Crippen molar-refractivity contribution in [2.75, 3.05) is 13.2 Å². The molecule has 2 heterocycles. The number of aromatic amines is 2. The molecule has 0 radical (unpaired) electrons. The molecule has 0 aliphatic heterocycles. The molecular weight excluding hydrogens is 360 g/mol. The Labute approximate surface area is 163 Å². The Morgan fingerprint density at radius 2 is 1.36 bits per heavy atom. The topological polar surface area (TPSA) is 93.4 Å². The van der Waals surface area contributed by atoms with Gasteiger partial charge in [-0.2, -0.15) is 0 Å². The summed E-state index contributed by atoms with van der Waals surface area (Å²) in [5, 5.41) is 0. The van der Waals surface area contributed by atoms with E-state index in [2.05, 4.69) is 9.97 Å². The number of hydrogen-bond donors (Lipinski definition) is 2. The minimum absolute atomic E-state index is 0.0481. The van der Waals surface area contributed by atoms with Crippen molar-refractivity contribution in [2.24, 2.45) is 0 Å². The van der Waals surface area contributed by atoms with E-state index in [1.165, 1.54) is 0 Å². The first kappa shape index (κ1) is 18.8. The molecular formula is C21H26N2O5. The number of fused-ring (bicyclic) bond motifs is 8. The minimum Gasteiger partial charge on any atom is -0.461 e. The summed E-state index contributed by atoms with van der Waals surface area (Å²) >= 11 is 0. The minimum atomic E-state index is -0.388. The van der Waals surface area contributed by atoms with E-state index in [1.54, 1.807) is 13.8 Å². The van der Waals surface area contributed by atoms with E-state index in [4.69, 9.17) is 14.2 Å². The third-order valence-corrected chi connectivity index (χ3v) is 5.30. The fourth-order valence-electron chi connectivity index (χ4n) is 4.56. The van der Waals surface area contributed by atoms with Gasteiger partial charge >= 0.3 is 11.9 Å². The van der Waals surface area contributed by atoms with Gasteiger partial charge in [0.2, 0.25) is 0 Å². The molecule has 150 valence electrons. The van der Waals surface area contributed by atoms with Gasteiger partial charge in [-0.15, -0.1) is 0 Å². The van der Waals surface area contributed by atoms with Crippen LogP contribution in [0, 0.1) is 0 Å². The summed E-state index contributed by atoms with van der Waals surface area (Å²) in [4.78, 5) is 31.2. The monoisotopic (exact) mass is 386 g/mol. The Hall–Kier alpha value is -2.54. The summed E-state index contributed by atoms with van der Waals surface area (Å²) in [7, 11) is 0. The first-order valence-corrected chi connectivity index (χ1v) is 9.72. The molecule has 4 rings (SSSR count). The lowest BCUT2D eigenvalue weighted by Gasteiger charge is -2.28. The highest BCUT2D eigenvalue weighted by Crippen LogP contribution is 2.60. The molecule has 2 aromatic heterocycles. The van der Waals surface area contributed by atoms with Crippen molar-refractivity contribution in [1.29, 1.82) is 0 Å². The molecule has 28 heavy (non-hydrogen) atoms. The molecule has 2 N–H and O–H groups in total. The lowest BCUT2D eigenvalue weighted by molar-refractivity contribution is -0.0629. The Bertz CT molecular complexity index is 869. The molecule has 2 aliphatic carbocycles. The standard InChI is InChI=1S/C21H26N2O5/c1-6-26-19(24)16-13-10(8-22-16)12-11-9-23-17(20(25)27-7-2)14(11)15(13)18(12)28-21(3,4)5/h8-9,12,15,18,22-23H,6-7H2,1-5H3. The van der Waals surface area contributed by atoms with Crippen molar-refractivity contribution in [3.63, 3.8) is 0 Å². The van der Waals surface area contributed by atoms with Gasteiger partial charge in [-0.1, -0.05) is 0 Å². The maximum Gasteiger partial charge on any atom is 0.355 e. The highest BCUT2D eigenvalue weighted by atomic mass is 16.5. The molecule has 0 aromatic carbocycles. The van der Waals surface area contributed by atoms with Gasteiger partial charge in [0, 0.05) is 24.2 Å². The number of H-pyrrole nitrogens is 2. The van der Waals surface area contributed by atoms with Crippen LogP contribution in [0.25, 0.3) is 0 Å². The summed E-state index contributed by atoms with van der Waals surface area (Å²) in [6.45, 7) is 10.2. The van der Waals surface area contributed by atoms with E-state index in [1.807, 2.05) is 33.2 Å². The average molecular weight is 386 g/mol. The number of aromatic nitrogens is 2. The summed E-state index contributed by atoms with van der Waals surface area (Å²) in [5.41, 5.74) is 4.32. The first-order valence-electron chi connectivity index (χ1n) is 9.72. The predicted octanol–water partition coefficient (Wildman–Crippen LogP) is 3.47. The molecule has 0 spiro atoms. The molecule has 0 saturated heterocycles. The zero-order chi connectivity index (χ0) is 20.2. The first-order chi connectivity index (χ1) is 13.3. The maximum atomic E-state index is 12.5. The second-order valence-electron chi connectivity index (χ2n) is 8.16. The van der Waals surface area contributed by atoms with Gasteiger partial charge in [-0.25, -0.2) is 9.59 Å². The van der Waals surface area contributed by atoms with Gasteiger partial charge < -0.3 is 24.2 Å². The number of rotatable bonds is 5. The van der Waals surface area contributed by atoms with Crippen LogP contribution in [0.15, 0.2) is 12.4 Å². The van der Waals surface area contributed by atoms with Crippen molar-refractivity contribution in [1.82, 2.24) is 9.97 Å². The molecule has 2 bridgehead atoms. The van der Waals surface area contributed by atoms with Gasteiger partial charge in [0.25, 0.3) is 0 Å². The SMILES string of the molecule is CCOC(=O)c1[nH]cc2c1C1c3c(c[nH]c3C(=O)OCC)C2C1OC(C)(C)C. The lowest BCUT2D eigenvalue weighted by Crippen LogP contribution is -2.30. The van der Waals surface area contributed by atoms with Crippen molar-refractivity contribution < 1.29 is 23.8 Å². The van der Waals surface area contributed by atoms with Gasteiger partial charge in [0.1, 0.15) is 11.4 Å². The smallest absolute Gasteiger partial charge is 0.355 e. The molecule has 2 aromatic rings. The Morgan fingerprint density at radius 1 is 0.893 bits per heavy atom. The highest BCUT2D eigenvalue weighted by molar-refractivity contribution is 5.94. The number of carbonyl (C=O) groups is 2. The second-order valence-corrected chi connectivity index (χ2v) is 8.16. The van der Waals surface area contributed by atoms with E-state index in [-0.39, 0.29) is 35.5 Å². The Kier molecular flexibility index (Phi) is 4.38. The summed E-state index contributed by atoms with van der Waals surface area (Å²) < 4.78 is 16.9. The quantitative estimate of drug-likeness (QED) is 0.768. The van der Waals surface area contributed by atoms with Gasteiger partial charge in [-0.05, 0) is 56.9 Å². The maximum absolute atomic E-state index is 12.5. The normalized spacial score (nSPS) is 22.1. The predicted molar refractivity (Wildman–Crippen MR) is 102 cm³/mol. The van der Waals surface area contributed by atoms with Crippen molar-refractivity contribution in [3.05, 3.63) is 46.0 Å². The number of hydrogen-bond acceptors (Lipinski definition) is 5. The fraction of sp³-hybridized carbons (Fsp3) is 0.524. The lowest BCUT2D eigenvalue weighted by atomic mass is 9.88. The third-order valence-electron chi connectivity index (χ3n) is 5.30. The van der Waals surface area contributed by atoms with Crippen LogP contribution >= 0.6 is 0 Å². The van der Waals surface area contributed by atoms with Crippen LogP contribution in [0.4, 0.5) is 0 Å². The van der Waals surface area contributed by atoms with Crippen molar-refractivity contribution in [2.45, 2.75) is 58.2 Å². The summed E-state index contributed by atoms with van der Waals surface area (Å²) in [5.74, 6) is -1.06.